The van der Waals surface area contributed by atoms with Crippen molar-refractivity contribution in [2.45, 2.75) is 25.7 Å². The quantitative estimate of drug-likeness (QED) is 0.833. The van der Waals surface area contributed by atoms with Crippen LogP contribution >= 0.6 is 12.4 Å². The molecule has 0 amide bonds. The summed E-state index contributed by atoms with van der Waals surface area (Å²) in [5.41, 5.74) is 7.46. The standard InChI is InChI=1S/C12H17NO2.ClH/c1-2-11(12(14)15)10-5-3-9(4-6-10)7-8-13;/h3-6,11H,2,7-8,13H2,1H3,(H,14,15);1H. The fourth-order valence-electron chi connectivity index (χ4n) is 1.64. The Morgan fingerprint density at radius 2 is 1.94 bits per heavy atom. The van der Waals surface area contributed by atoms with Crippen molar-refractivity contribution < 1.29 is 9.90 Å². The lowest BCUT2D eigenvalue weighted by Gasteiger charge is -2.10. The Morgan fingerprint density at radius 3 is 2.31 bits per heavy atom. The number of halogens is 1. The van der Waals surface area contributed by atoms with E-state index < -0.39 is 11.9 Å². The molecule has 0 aromatic heterocycles. The molecule has 3 N–H and O–H groups in total. The maximum atomic E-state index is 10.9. The third kappa shape index (κ3) is 3.83. The summed E-state index contributed by atoms with van der Waals surface area (Å²) in [5.74, 6) is -1.15. The van der Waals surface area contributed by atoms with E-state index in [0.717, 1.165) is 17.5 Å². The first-order valence-corrected chi connectivity index (χ1v) is 5.20. The molecule has 0 aliphatic carbocycles. The molecular weight excluding hydrogens is 226 g/mol. The molecule has 0 fully saturated rings. The Balaban J connectivity index is 0.00000225. The lowest BCUT2D eigenvalue weighted by atomic mass is 9.95. The van der Waals surface area contributed by atoms with Gasteiger partial charge in [0.1, 0.15) is 0 Å². The van der Waals surface area contributed by atoms with Gasteiger partial charge in [-0.05, 0) is 30.5 Å². The summed E-state index contributed by atoms with van der Waals surface area (Å²) in [6, 6.07) is 7.67. The molecule has 1 aromatic carbocycles. The predicted molar refractivity (Wildman–Crippen MR) is 67.1 cm³/mol. The first kappa shape index (κ1) is 14.9. The number of benzene rings is 1. The fraction of sp³-hybridized carbons (Fsp3) is 0.417. The maximum absolute atomic E-state index is 10.9. The third-order valence-corrected chi connectivity index (χ3v) is 2.52. The zero-order valence-corrected chi connectivity index (χ0v) is 10.2. The molecule has 1 unspecified atom stereocenters. The van der Waals surface area contributed by atoms with Gasteiger partial charge in [0, 0.05) is 0 Å². The van der Waals surface area contributed by atoms with E-state index in [0.29, 0.717) is 13.0 Å². The molecular formula is C12H18ClNO2. The van der Waals surface area contributed by atoms with Crippen LogP contribution in [0.1, 0.15) is 30.4 Å². The number of carboxylic acid groups (broad SMARTS) is 1. The van der Waals surface area contributed by atoms with Crippen LogP contribution < -0.4 is 5.73 Å². The average Bonchev–Trinajstić information content (AvgIpc) is 2.21. The molecule has 0 aliphatic rings. The summed E-state index contributed by atoms with van der Waals surface area (Å²) >= 11 is 0. The number of nitrogens with two attached hydrogens (primary N) is 1. The second-order valence-corrected chi connectivity index (χ2v) is 3.58. The minimum absolute atomic E-state index is 0. The molecule has 16 heavy (non-hydrogen) atoms. The molecule has 0 radical (unpaired) electrons. The molecule has 0 aliphatic heterocycles. The van der Waals surface area contributed by atoms with Crippen molar-refractivity contribution in [2.24, 2.45) is 5.73 Å². The number of aliphatic carboxylic acids is 1. The molecule has 1 rings (SSSR count). The van der Waals surface area contributed by atoms with Gasteiger partial charge in [-0.2, -0.15) is 0 Å². The fourth-order valence-corrected chi connectivity index (χ4v) is 1.64. The van der Waals surface area contributed by atoms with Crippen LogP contribution in [0.4, 0.5) is 0 Å². The van der Waals surface area contributed by atoms with Crippen molar-refractivity contribution in [1.29, 1.82) is 0 Å². The Bertz CT molecular complexity index is 324. The number of hydrogen-bond acceptors (Lipinski definition) is 2. The van der Waals surface area contributed by atoms with Crippen molar-refractivity contribution in [3.8, 4) is 0 Å². The van der Waals surface area contributed by atoms with Crippen LogP contribution in [0, 0.1) is 0 Å². The van der Waals surface area contributed by atoms with E-state index in [9.17, 15) is 4.79 Å². The Hall–Kier alpha value is -1.06. The van der Waals surface area contributed by atoms with Gasteiger partial charge in [-0.25, -0.2) is 0 Å². The lowest BCUT2D eigenvalue weighted by molar-refractivity contribution is -0.138. The zero-order valence-electron chi connectivity index (χ0n) is 9.35. The van der Waals surface area contributed by atoms with Crippen LogP contribution in [-0.2, 0) is 11.2 Å². The summed E-state index contributed by atoms with van der Waals surface area (Å²) in [4.78, 5) is 10.9. The molecule has 0 heterocycles. The molecule has 90 valence electrons. The van der Waals surface area contributed by atoms with Crippen LogP contribution in [-0.4, -0.2) is 17.6 Å². The Kier molecular flexibility index (Phi) is 6.77. The summed E-state index contributed by atoms with van der Waals surface area (Å²) in [7, 11) is 0. The molecule has 0 saturated carbocycles. The molecule has 0 saturated heterocycles. The van der Waals surface area contributed by atoms with Gasteiger partial charge >= 0.3 is 5.97 Å². The van der Waals surface area contributed by atoms with Gasteiger partial charge in [0.05, 0.1) is 5.92 Å². The first-order valence-electron chi connectivity index (χ1n) is 5.20. The maximum Gasteiger partial charge on any atom is 0.310 e. The number of carbonyl (C=O) groups is 1. The van der Waals surface area contributed by atoms with E-state index in [2.05, 4.69) is 0 Å². The molecule has 0 bridgehead atoms. The SMILES string of the molecule is CCC(C(=O)O)c1ccc(CCN)cc1.Cl. The second-order valence-electron chi connectivity index (χ2n) is 3.58. The summed E-state index contributed by atoms with van der Waals surface area (Å²) < 4.78 is 0. The van der Waals surface area contributed by atoms with Gasteiger partial charge in [0.15, 0.2) is 0 Å². The second kappa shape index (κ2) is 7.25. The van der Waals surface area contributed by atoms with Crippen LogP contribution in [0.5, 0.6) is 0 Å². The van der Waals surface area contributed by atoms with Gasteiger partial charge in [-0.3, -0.25) is 4.79 Å². The minimum atomic E-state index is -0.760. The highest BCUT2D eigenvalue weighted by Crippen LogP contribution is 2.20. The highest BCUT2D eigenvalue weighted by molar-refractivity contribution is 5.85. The van der Waals surface area contributed by atoms with Crippen LogP contribution in [0.2, 0.25) is 0 Å². The smallest absolute Gasteiger partial charge is 0.310 e. The van der Waals surface area contributed by atoms with Crippen molar-refractivity contribution in [1.82, 2.24) is 0 Å². The summed E-state index contributed by atoms with van der Waals surface area (Å²) in [6.45, 7) is 2.50. The number of rotatable bonds is 5. The van der Waals surface area contributed by atoms with Crippen molar-refractivity contribution in [3.05, 3.63) is 35.4 Å². The summed E-state index contributed by atoms with van der Waals surface area (Å²) in [5, 5.41) is 8.98. The van der Waals surface area contributed by atoms with E-state index in [1.807, 2.05) is 31.2 Å². The Labute approximate surface area is 102 Å². The van der Waals surface area contributed by atoms with Crippen molar-refractivity contribution in [2.75, 3.05) is 6.54 Å². The minimum Gasteiger partial charge on any atom is -0.481 e. The van der Waals surface area contributed by atoms with E-state index in [1.165, 1.54) is 0 Å². The van der Waals surface area contributed by atoms with Gasteiger partial charge in [0.25, 0.3) is 0 Å². The van der Waals surface area contributed by atoms with Gasteiger partial charge < -0.3 is 10.8 Å². The largest absolute Gasteiger partial charge is 0.481 e. The number of hydrogen-bond donors (Lipinski definition) is 2. The molecule has 1 aromatic rings. The number of carboxylic acids is 1. The Morgan fingerprint density at radius 1 is 1.38 bits per heavy atom. The zero-order chi connectivity index (χ0) is 11.3. The van der Waals surface area contributed by atoms with E-state index in [-0.39, 0.29) is 12.4 Å². The van der Waals surface area contributed by atoms with Crippen molar-refractivity contribution >= 4 is 18.4 Å². The third-order valence-electron chi connectivity index (χ3n) is 2.52. The highest BCUT2D eigenvalue weighted by atomic mass is 35.5. The van der Waals surface area contributed by atoms with E-state index in [4.69, 9.17) is 10.8 Å². The van der Waals surface area contributed by atoms with Crippen LogP contribution in [0.3, 0.4) is 0 Å². The van der Waals surface area contributed by atoms with Crippen molar-refractivity contribution in [3.63, 3.8) is 0 Å². The molecule has 1 atom stereocenters. The molecule has 4 heteroatoms. The highest BCUT2D eigenvalue weighted by Gasteiger charge is 2.16. The van der Waals surface area contributed by atoms with Gasteiger partial charge in [-0.1, -0.05) is 31.2 Å². The first-order chi connectivity index (χ1) is 7.19. The average molecular weight is 244 g/mol. The summed E-state index contributed by atoms with van der Waals surface area (Å²) in [6.07, 6.45) is 1.45. The predicted octanol–water partition coefficient (Wildman–Crippen LogP) is 2.19. The normalized spacial score (nSPS) is 11.6. The van der Waals surface area contributed by atoms with Crippen LogP contribution in [0.15, 0.2) is 24.3 Å². The van der Waals surface area contributed by atoms with Gasteiger partial charge in [-0.15, -0.1) is 12.4 Å². The molecule has 0 spiro atoms. The van der Waals surface area contributed by atoms with E-state index >= 15 is 0 Å². The topological polar surface area (TPSA) is 63.3 Å². The monoisotopic (exact) mass is 243 g/mol. The lowest BCUT2D eigenvalue weighted by Crippen LogP contribution is -2.10. The van der Waals surface area contributed by atoms with Crippen LogP contribution in [0.25, 0.3) is 0 Å². The molecule has 3 nitrogen and oxygen atoms in total. The van der Waals surface area contributed by atoms with Gasteiger partial charge in [0.2, 0.25) is 0 Å². The van der Waals surface area contributed by atoms with E-state index in [1.54, 1.807) is 0 Å².